The van der Waals surface area contributed by atoms with Gasteiger partial charge in [-0.25, -0.2) is 0 Å². The van der Waals surface area contributed by atoms with E-state index in [9.17, 15) is 13.2 Å². The van der Waals surface area contributed by atoms with Crippen LogP contribution in [0.3, 0.4) is 0 Å². The molecule has 18 heavy (non-hydrogen) atoms. The number of benzene rings is 1. The summed E-state index contributed by atoms with van der Waals surface area (Å²) in [6.45, 7) is 5.34. The highest BCUT2D eigenvalue weighted by molar-refractivity contribution is 5.37. The van der Waals surface area contributed by atoms with Gasteiger partial charge < -0.3 is 10.1 Å². The Morgan fingerprint density at radius 3 is 2.50 bits per heavy atom. The molecular weight excluding hydrogens is 243 g/mol. The molecule has 0 aliphatic heterocycles. The van der Waals surface area contributed by atoms with Crippen molar-refractivity contribution in [3.05, 3.63) is 29.3 Å². The Labute approximate surface area is 105 Å². The lowest BCUT2D eigenvalue weighted by molar-refractivity contribution is -0.153. The summed E-state index contributed by atoms with van der Waals surface area (Å²) in [7, 11) is 0. The smallest absolute Gasteiger partial charge is 0.422 e. The first-order chi connectivity index (χ1) is 8.33. The van der Waals surface area contributed by atoms with Crippen LogP contribution in [0.15, 0.2) is 18.2 Å². The summed E-state index contributed by atoms with van der Waals surface area (Å²) >= 11 is 0. The summed E-state index contributed by atoms with van der Waals surface area (Å²) in [5.74, 6) is 0.278. The molecule has 0 saturated heterocycles. The van der Waals surface area contributed by atoms with Crippen molar-refractivity contribution in [1.82, 2.24) is 5.32 Å². The van der Waals surface area contributed by atoms with Crippen LogP contribution in [0.25, 0.3) is 0 Å². The summed E-state index contributed by atoms with van der Waals surface area (Å²) in [6, 6.07) is 5.39. The van der Waals surface area contributed by atoms with E-state index in [2.05, 4.69) is 5.32 Å². The van der Waals surface area contributed by atoms with Crippen LogP contribution in [0.4, 0.5) is 13.2 Å². The first kappa shape index (κ1) is 14.8. The van der Waals surface area contributed by atoms with Crippen molar-refractivity contribution in [2.45, 2.75) is 33.0 Å². The normalized spacial score (nSPS) is 13.4. The van der Waals surface area contributed by atoms with Crippen LogP contribution in [-0.2, 0) is 0 Å². The minimum atomic E-state index is -4.30. The molecule has 0 saturated carbocycles. The second-order valence-electron chi connectivity index (χ2n) is 4.21. The second-order valence-corrected chi connectivity index (χ2v) is 4.21. The van der Waals surface area contributed by atoms with Crippen molar-refractivity contribution in [3.63, 3.8) is 0 Å². The van der Waals surface area contributed by atoms with Crippen molar-refractivity contribution in [2.24, 2.45) is 0 Å². The molecule has 1 rings (SSSR count). The summed E-state index contributed by atoms with van der Waals surface area (Å²) in [4.78, 5) is 0. The fourth-order valence-corrected chi connectivity index (χ4v) is 1.69. The van der Waals surface area contributed by atoms with Crippen LogP contribution in [0, 0.1) is 6.92 Å². The van der Waals surface area contributed by atoms with Gasteiger partial charge in [0.2, 0.25) is 0 Å². The number of alkyl halides is 3. The summed E-state index contributed by atoms with van der Waals surface area (Å²) in [5.41, 5.74) is 1.75. The first-order valence-electron chi connectivity index (χ1n) is 5.87. The predicted molar refractivity (Wildman–Crippen MR) is 64.8 cm³/mol. The molecular formula is C13H18F3NO. The number of halogens is 3. The van der Waals surface area contributed by atoms with E-state index >= 15 is 0 Å². The van der Waals surface area contributed by atoms with Gasteiger partial charge in [0.05, 0.1) is 0 Å². The average molecular weight is 261 g/mol. The maximum absolute atomic E-state index is 12.0. The Hall–Kier alpha value is -1.23. The molecule has 0 fully saturated rings. The van der Waals surface area contributed by atoms with Crippen LogP contribution in [0.5, 0.6) is 5.75 Å². The van der Waals surface area contributed by atoms with E-state index in [1.54, 1.807) is 19.1 Å². The van der Waals surface area contributed by atoms with E-state index in [1.165, 1.54) is 0 Å². The van der Waals surface area contributed by atoms with E-state index < -0.39 is 12.8 Å². The Kier molecular flexibility index (Phi) is 5.02. The SMILES string of the molecule is CCNC(C)c1ccc(OCC(F)(F)F)c(C)c1. The molecule has 2 nitrogen and oxygen atoms in total. The second kappa shape index (κ2) is 6.09. The van der Waals surface area contributed by atoms with Crippen LogP contribution in [-0.4, -0.2) is 19.3 Å². The lowest BCUT2D eigenvalue weighted by atomic mass is 10.1. The Morgan fingerprint density at radius 2 is 2.00 bits per heavy atom. The minimum absolute atomic E-state index is 0.172. The standard InChI is InChI=1S/C13H18F3NO/c1-4-17-10(3)11-5-6-12(9(2)7-11)18-8-13(14,15)16/h5-7,10,17H,4,8H2,1-3H3. The Morgan fingerprint density at radius 1 is 1.33 bits per heavy atom. The maximum Gasteiger partial charge on any atom is 0.422 e. The zero-order valence-electron chi connectivity index (χ0n) is 10.8. The maximum atomic E-state index is 12.0. The monoisotopic (exact) mass is 261 g/mol. The van der Waals surface area contributed by atoms with E-state index in [4.69, 9.17) is 4.74 Å². The lowest BCUT2D eigenvalue weighted by Gasteiger charge is -2.16. The molecule has 0 heterocycles. The first-order valence-corrected chi connectivity index (χ1v) is 5.87. The number of aryl methyl sites for hydroxylation is 1. The fourth-order valence-electron chi connectivity index (χ4n) is 1.69. The van der Waals surface area contributed by atoms with Gasteiger partial charge in [0, 0.05) is 6.04 Å². The molecule has 1 aromatic rings. The topological polar surface area (TPSA) is 21.3 Å². The van der Waals surface area contributed by atoms with Gasteiger partial charge in [0.25, 0.3) is 0 Å². The number of hydrogen-bond acceptors (Lipinski definition) is 2. The molecule has 1 unspecified atom stereocenters. The van der Waals surface area contributed by atoms with Gasteiger partial charge in [0.1, 0.15) is 5.75 Å². The zero-order valence-corrected chi connectivity index (χ0v) is 10.8. The van der Waals surface area contributed by atoms with Crippen LogP contribution in [0.1, 0.15) is 31.0 Å². The number of hydrogen-bond donors (Lipinski definition) is 1. The van der Waals surface area contributed by atoms with E-state index in [0.717, 1.165) is 12.1 Å². The van der Waals surface area contributed by atoms with Crippen molar-refractivity contribution < 1.29 is 17.9 Å². The quantitative estimate of drug-likeness (QED) is 0.874. The van der Waals surface area contributed by atoms with E-state index in [-0.39, 0.29) is 11.8 Å². The summed E-state index contributed by atoms with van der Waals surface area (Å²) in [6.07, 6.45) is -4.30. The third-order valence-corrected chi connectivity index (χ3v) is 2.60. The lowest BCUT2D eigenvalue weighted by Crippen LogP contribution is -2.20. The predicted octanol–water partition coefficient (Wildman–Crippen LogP) is 3.61. The Balaban J connectivity index is 2.73. The van der Waals surface area contributed by atoms with Gasteiger partial charge in [-0.1, -0.05) is 19.1 Å². The van der Waals surface area contributed by atoms with Gasteiger partial charge in [-0.15, -0.1) is 0 Å². The number of rotatable bonds is 5. The number of ether oxygens (including phenoxy) is 1. The molecule has 1 N–H and O–H groups in total. The highest BCUT2D eigenvalue weighted by atomic mass is 19.4. The molecule has 5 heteroatoms. The molecule has 0 bridgehead atoms. The van der Waals surface area contributed by atoms with Crippen molar-refractivity contribution in [3.8, 4) is 5.75 Å². The largest absolute Gasteiger partial charge is 0.484 e. The minimum Gasteiger partial charge on any atom is -0.484 e. The van der Waals surface area contributed by atoms with Gasteiger partial charge >= 0.3 is 6.18 Å². The van der Waals surface area contributed by atoms with Crippen molar-refractivity contribution in [2.75, 3.05) is 13.2 Å². The zero-order chi connectivity index (χ0) is 13.8. The third-order valence-electron chi connectivity index (χ3n) is 2.60. The van der Waals surface area contributed by atoms with Crippen molar-refractivity contribution >= 4 is 0 Å². The molecule has 0 aliphatic carbocycles. The molecule has 0 amide bonds. The van der Waals surface area contributed by atoms with Crippen LogP contribution < -0.4 is 10.1 Å². The van der Waals surface area contributed by atoms with E-state index in [1.807, 2.05) is 19.9 Å². The third kappa shape index (κ3) is 4.56. The average Bonchev–Trinajstić information content (AvgIpc) is 2.26. The van der Waals surface area contributed by atoms with E-state index in [0.29, 0.717) is 5.56 Å². The number of nitrogens with one attached hydrogen (secondary N) is 1. The fraction of sp³-hybridized carbons (Fsp3) is 0.538. The van der Waals surface area contributed by atoms with Gasteiger partial charge in [-0.05, 0) is 37.6 Å². The molecule has 0 aliphatic rings. The summed E-state index contributed by atoms with van der Waals surface area (Å²) in [5, 5.41) is 3.24. The molecule has 0 aromatic heterocycles. The van der Waals surface area contributed by atoms with Gasteiger partial charge in [-0.2, -0.15) is 13.2 Å². The molecule has 1 atom stereocenters. The molecule has 0 spiro atoms. The van der Waals surface area contributed by atoms with Crippen LogP contribution in [0.2, 0.25) is 0 Å². The van der Waals surface area contributed by atoms with Crippen LogP contribution >= 0.6 is 0 Å². The molecule has 1 aromatic carbocycles. The highest BCUT2D eigenvalue weighted by Gasteiger charge is 2.28. The van der Waals surface area contributed by atoms with Gasteiger partial charge in [-0.3, -0.25) is 0 Å². The highest BCUT2D eigenvalue weighted by Crippen LogP contribution is 2.24. The van der Waals surface area contributed by atoms with Gasteiger partial charge in [0.15, 0.2) is 6.61 Å². The Bertz CT molecular complexity index is 390. The summed E-state index contributed by atoms with van der Waals surface area (Å²) < 4.78 is 40.9. The molecule has 102 valence electrons. The van der Waals surface area contributed by atoms with Crippen molar-refractivity contribution in [1.29, 1.82) is 0 Å². The molecule has 0 radical (unpaired) electrons.